The Hall–Kier alpha value is -3.48. The van der Waals surface area contributed by atoms with Crippen molar-refractivity contribution in [3.05, 3.63) is 77.4 Å². The van der Waals surface area contributed by atoms with E-state index in [0.29, 0.717) is 11.1 Å². The normalized spacial score (nSPS) is 10.5. The summed E-state index contributed by atoms with van der Waals surface area (Å²) in [5.41, 5.74) is 1.73. The van der Waals surface area contributed by atoms with Crippen molar-refractivity contribution in [3.63, 3.8) is 0 Å². The Morgan fingerprint density at radius 1 is 1.15 bits per heavy atom. The second-order valence-electron chi connectivity index (χ2n) is 5.69. The maximum Gasteiger partial charge on any atom is 0.354 e. The maximum atomic E-state index is 14.4. The van der Waals surface area contributed by atoms with E-state index in [2.05, 4.69) is 10.4 Å². The third-order valence-electron chi connectivity index (χ3n) is 3.98. The SMILES string of the molecule is Cn1ncc(CNC(=O)c2ccc(-c3ccccc3)cc2F)c1C(=O)O. The second-order valence-corrected chi connectivity index (χ2v) is 5.69. The molecule has 1 amide bonds. The number of carboxylic acids is 1. The predicted octanol–water partition coefficient (Wildman–Crippen LogP) is 2.85. The second kappa shape index (κ2) is 7.18. The van der Waals surface area contributed by atoms with Crippen LogP contribution in [0.1, 0.15) is 26.4 Å². The van der Waals surface area contributed by atoms with Crippen LogP contribution in [0.3, 0.4) is 0 Å². The zero-order valence-corrected chi connectivity index (χ0v) is 13.9. The van der Waals surface area contributed by atoms with Gasteiger partial charge in [0.2, 0.25) is 0 Å². The first-order valence-corrected chi connectivity index (χ1v) is 7.84. The molecular weight excluding hydrogens is 337 g/mol. The van der Waals surface area contributed by atoms with Crippen molar-refractivity contribution in [2.24, 2.45) is 7.05 Å². The van der Waals surface area contributed by atoms with Crippen LogP contribution in [0.2, 0.25) is 0 Å². The topological polar surface area (TPSA) is 84.2 Å². The number of carbonyl (C=O) groups excluding carboxylic acids is 1. The third-order valence-corrected chi connectivity index (χ3v) is 3.98. The first kappa shape index (κ1) is 17.3. The lowest BCUT2D eigenvalue weighted by molar-refractivity contribution is 0.0682. The van der Waals surface area contributed by atoms with Crippen LogP contribution in [0.5, 0.6) is 0 Å². The van der Waals surface area contributed by atoms with Gasteiger partial charge in [-0.2, -0.15) is 5.10 Å². The number of aromatic carboxylic acids is 1. The minimum Gasteiger partial charge on any atom is -0.477 e. The number of rotatable bonds is 5. The van der Waals surface area contributed by atoms with Crippen molar-refractivity contribution in [3.8, 4) is 11.1 Å². The Labute approximate surface area is 148 Å². The molecule has 2 N–H and O–H groups in total. The van der Waals surface area contributed by atoms with E-state index in [9.17, 15) is 14.0 Å². The highest BCUT2D eigenvalue weighted by Crippen LogP contribution is 2.21. The molecule has 7 heteroatoms. The Morgan fingerprint density at radius 2 is 1.88 bits per heavy atom. The number of hydrogen-bond acceptors (Lipinski definition) is 3. The summed E-state index contributed by atoms with van der Waals surface area (Å²) in [6, 6.07) is 13.6. The molecule has 0 aliphatic heterocycles. The van der Waals surface area contributed by atoms with Crippen molar-refractivity contribution in [1.82, 2.24) is 15.1 Å². The Bertz CT molecular complexity index is 967. The molecule has 0 unspecified atom stereocenters. The highest BCUT2D eigenvalue weighted by molar-refractivity contribution is 5.95. The van der Waals surface area contributed by atoms with Crippen LogP contribution in [-0.2, 0) is 13.6 Å². The van der Waals surface area contributed by atoms with Gasteiger partial charge in [0.05, 0.1) is 11.8 Å². The molecule has 26 heavy (non-hydrogen) atoms. The molecule has 3 rings (SSSR count). The van der Waals surface area contributed by atoms with Gasteiger partial charge in [-0.25, -0.2) is 9.18 Å². The minimum absolute atomic E-state index is 0.0230. The first-order chi connectivity index (χ1) is 12.5. The van der Waals surface area contributed by atoms with Gasteiger partial charge in [0.15, 0.2) is 5.69 Å². The van der Waals surface area contributed by atoms with Crippen LogP contribution < -0.4 is 5.32 Å². The van der Waals surface area contributed by atoms with Gasteiger partial charge in [-0.1, -0.05) is 36.4 Å². The Kier molecular flexibility index (Phi) is 4.79. The molecule has 1 heterocycles. The fraction of sp³-hybridized carbons (Fsp3) is 0.105. The highest BCUT2D eigenvalue weighted by atomic mass is 19.1. The van der Waals surface area contributed by atoms with Crippen LogP contribution >= 0.6 is 0 Å². The Balaban J connectivity index is 1.76. The largest absolute Gasteiger partial charge is 0.477 e. The van der Waals surface area contributed by atoms with Gasteiger partial charge in [-0.3, -0.25) is 9.48 Å². The number of aryl methyl sites for hydroxylation is 1. The van der Waals surface area contributed by atoms with Crippen molar-refractivity contribution < 1.29 is 19.1 Å². The quantitative estimate of drug-likeness (QED) is 0.739. The molecule has 0 bridgehead atoms. The van der Waals surface area contributed by atoms with E-state index < -0.39 is 17.7 Å². The van der Waals surface area contributed by atoms with Gasteiger partial charge in [-0.15, -0.1) is 0 Å². The highest BCUT2D eigenvalue weighted by Gasteiger charge is 2.18. The van der Waals surface area contributed by atoms with E-state index in [1.54, 1.807) is 6.07 Å². The van der Waals surface area contributed by atoms with E-state index in [-0.39, 0.29) is 17.8 Å². The lowest BCUT2D eigenvalue weighted by Gasteiger charge is -2.08. The summed E-state index contributed by atoms with van der Waals surface area (Å²) in [4.78, 5) is 23.5. The zero-order valence-electron chi connectivity index (χ0n) is 13.9. The van der Waals surface area contributed by atoms with Crippen LogP contribution in [0.4, 0.5) is 4.39 Å². The van der Waals surface area contributed by atoms with E-state index in [0.717, 1.165) is 5.56 Å². The number of amides is 1. The molecule has 132 valence electrons. The van der Waals surface area contributed by atoms with Crippen LogP contribution in [0.25, 0.3) is 11.1 Å². The van der Waals surface area contributed by atoms with Gasteiger partial charge in [0.1, 0.15) is 5.82 Å². The molecule has 1 aromatic heterocycles. The van der Waals surface area contributed by atoms with E-state index in [1.165, 1.54) is 30.1 Å². The fourth-order valence-corrected chi connectivity index (χ4v) is 2.67. The summed E-state index contributed by atoms with van der Waals surface area (Å²) < 4.78 is 15.6. The van der Waals surface area contributed by atoms with E-state index >= 15 is 0 Å². The molecule has 3 aromatic rings. The van der Waals surface area contributed by atoms with E-state index in [1.807, 2.05) is 30.3 Å². The van der Waals surface area contributed by atoms with E-state index in [4.69, 9.17) is 5.11 Å². The van der Waals surface area contributed by atoms with Crippen LogP contribution in [-0.4, -0.2) is 26.8 Å². The van der Waals surface area contributed by atoms with Gasteiger partial charge >= 0.3 is 5.97 Å². The van der Waals surface area contributed by atoms with Crippen molar-refractivity contribution in [2.45, 2.75) is 6.54 Å². The number of carbonyl (C=O) groups is 2. The number of benzene rings is 2. The molecule has 0 aliphatic carbocycles. The summed E-state index contributed by atoms with van der Waals surface area (Å²) in [5, 5.41) is 15.6. The zero-order chi connectivity index (χ0) is 18.7. The molecule has 6 nitrogen and oxygen atoms in total. The Morgan fingerprint density at radius 3 is 2.54 bits per heavy atom. The molecule has 0 saturated carbocycles. The van der Waals surface area contributed by atoms with Gasteiger partial charge in [0, 0.05) is 19.2 Å². The van der Waals surface area contributed by atoms with Gasteiger partial charge in [0.25, 0.3) is 5.91 Å². The number of nitrogens with zero attached hydrogens (tertiary/aromatic N) is 2. The molecular formula is C19H16FN3O3. The van der Waals surface area contributed by atoms with Crippen LogP contribution in [0.15, 0.2) is 54.7 Å². The average molecular weight is 353 g/mol. The fourth-order valence-electron chi connectivity index (χ4n) is 2.67. The minimum atomic E-state index is -1.15. The summed E-state index contributed by atoms with van der Waals surface area (Å²) in [6.07, 6.45) is 1.36. The van der Waals surface area contributed by atoms with Crippen molar-refractivity contribution >= 4 is 11.9 Å². The standard InChI is InChI=1S/C19H16FN3O3/c1-23-17(19(25)26)14(11-22-23)10-21-18(24)15-8-7-13(9-16(15)20)12-5-3-2-4-6-12/h2-9,11H,10H2,1H3,(H,21,24)(H,25,26). The van der Waals surface area contributed by atoms with Crippen molar-refractivity contribution in [2.75, 3.05) is 0 Å². The molecule has 2 aromatic carbocycles. The number of halogens is 1. The third kappa shape index (κ3) is 3.46. The predicted molar refractivity (Wildman–Crippen MR) is 93.2 cm³/mol. The lowest BCUT2D eigenvalue weighted by Crippen LogP contribution is -2.25. The van der Waals surface area contributed by atoms with Gasteiger partial charge < -0.3 is 10.4 Å². The number of hydrogen-bond donors (Lipinski definition) is 2. The number of nitrogens with one attached hydrogen (secondary N) is 1. The molecule has 0 radical (unpaired) electrons. The summed E-state index contributed by atoms with van der Waals surface area (Å²) in [5.74, 6) is -2.41. The lowest BCUT2D eigenvalue weighted by atomic mass is 10.0. The average Bonchev–Trinajstić information content (AvgIpc) is 3.01. The maximum absolute atomic E-state index is 14.4. The molecule has 0 atom stereocenters. The molecule has 0 fully saturated rings. The summed E-state index contributed by atoms with van der Waals surface area (Å²) >= 11 is 0. The molecule has 0 saturated heterocycles. The summed E-state index contributed by atoms with van der Waals surface area (Å²) in [7, 11) is 1.50. The number of aromatic nitrogens is 2. The molecule has 0 spiro atoms. The first-order valence-electron chi connectivity index (χ1n) is 7.84. The smallest absolute Gasteiger partial charge is 0.354 e. The summed E-state index contributed by atoms with van der Waals surface area (Å²) in [6.45, 7) is -0.0613. The molecule has 0 aliphatic rings. The number of carboxylic acid groups (broad SMARTS) is 1. The van der Waals surface area contributed by atoms with Crippen molar-refractivity contribution in [1.29, 1.82) is 0 Å². The van der Waals surface area contributed by atoms with Gasteiger partial charge in [-0.05, 0) is 23.3 Å². The monoisotopic (exact) mass is 353 g/mol. The van der Waals surface area contributed by atoms with Crippen LogP contribution in [0, 0.1) is 5.82 Å².